The van der Waals surface area contributed by atoms with Crippen LogP contribution in [0.3, 0.4) is 0 Å². The summed E-state index contributed by atoms with van der Waals surface area (Å²) in [6, 6.07) is 5.55. The van der Waals surface area contributed by atoms with Crippen molar-refractivity contribution >= 4 is 23.7 Å². The van der Waals surface area contributed by atoms with Gasteiger partial charge in [-0.15, -0.1) is 0 Å². The summed E-state index contributed by atoms with van der Waals surface area (Å²) >= 11 is 0. The normalized spacial score (nSPS) is 15.7. The molecule has 0 radical (unpaired) electrons. The van der Waals surface area contributed by atoms with E-state index in [4.69, 9.17) is 9.47 Å². The second-order valence-electron chi connectivity index (χ2n) is 7.97. The summed E-state index contributed by atoms with van der Waals surface area (Å²) < 4.78 is 15.5. The summed E-state index contributed by atoms with van der Waals surface area (Å²) in [5.74, 6) is -0.335. The van der Waals surface area contributed by atoms with Crippen LogP contribution in [0.5, 0.6) is 5.75 Å². The van der Waals surface area contributed by atoms with E-state index in [2.05, 4.69) is 15.4 Å². The van der Waals surface area contributed by atoms with Crippen LogP contribution in [0, 0.1) is 5.92 Å². The van der Waals surface area contributed by atoms with Gasteiger partial charge < -0.3 is 24.8 Å². The average molecular weight is 406 g/mol. The van der Waals surface area contributed by atoms with Crippen molar-refractivity contribution in [2.24, 2.45) is 5.92 Å². The van der Waals surface area contributed by atoms with E-state index in [0.29, 0.717) is 31.0 Å². The van der Waals surface area contributed by atoms with Gasteiger partial charge >= 0.3 is 12.1 Å². The first-order chi connectivity index (χ1) is 13.7. The van der Waals surface area contributed by atoms with Crippen molar-refractivity contribution in [1.82, 2.24) is 5.32 Å². The Kier molecular flexibility index (Phi) is 7.87. The number of benzene rings is 1. The molecular weight excluding hydrogens is 376 g/mol. The predicted octanol–water partition coefficient (Wildman–Crippen LogP) is 3.04. The monoisotopic (exact) mass is 406 g/mol. The number of amides is 2. The smallest absolute Gasteiger partial charge is 0.407 e. The van der Waals surface area contributed by atoms with Crippen molar-refractivity contribution in [3.05, 3.63) is 23.8 Å². The SMILES string of the molecule is COC(=O)CC1Cc2ccc(OCCCCNC(=O)OC(C)(C)C)cc2NC1=O. The lowest BCUT2D eigenvalue weighted by Gasteiger charge is -2.24. The second-order valence-corrected chi connectivity index (χ2v) is 7.97. The van der Waals surface area contributed by atoms with Gasteiger partial charge in [-0.2, -0.15) is 0 Å². The van der Waals surface area contributed by atoms with Crippen molar-refractivity contribution in [2.45, 2.75) is 52.1 Å². The number of unbranched alkanes of at least 4 members (excludes halogenated alkanes) is 1. The molecule has 1 atom stereocenters. The van der Waals surface area contributed by atoms with Crippen LogP contribution in [0.4, 0.5) is 10.5 Å². The molecule has 1 heterocycles. The first-order valence-electron chi connectivity index (χ1n) is 9.78. The van der Waals surface area contributed by atoms with Crippen LogP contribution in [0.15, 0.2) is 18.2 Å². The van der Waals surface area contributed by atoms with Gasteiger partial charge in [-0.1, -0.05) is 6.07 Å². The van der Waals surface area contributed by atoms with Gasteiger partial charge in [0.15, 0.2) is 0 Å². The molecule has 0 fully saturated rings. The fourth-order valence-corrected chi connectivity index (χ4v) is 2.90. The van der Waals surface area contributed by atoms with Crippen LogP contribution in [0.2, 0.25) is 0 Å². The third kappa shape index (κ3) is 7.63. The summed E-state index contributed by atoms with van der Waals surface area (Å²) in [5.41, 5.74) is 1.17. The molecule has 0 aliphatic carbocycles. The maximum Gasteiger partial charge on any atom is 0.407 e. The van der Waals surface area contributed by atoms with Crippen LogP contribution < -0.4 is 15.4 Å². The van der Waals surface area contributed by atoms with Crippen LogP contribution in [-0.4, -0.2) is 43.8 Å². The van der Waals surface area contributed by atoms with E-state index < -0.39 is 23.6 Å². The second kappa shape index (κ2) is 10.1. The molecule has 1 aliphatic heterocycles. The van der Waals surface area contributed by atoms with E-state index in [9.17, 15) is 14.4 Å². The van der Waals surface area contributed by atoms with Gasteiger partial charge in [0.2, 0.25) is 5.91 Å². The lowest BCUT2D eigenvalue weighted by atomic mass is 9.90. The molecule has 2 amide bonds. The van der Waals surface area contributed by atoms with Crippen molar-refractivity contribution < 1.29 is 28.6 Å². The molecule has 1 aromatic rings. The number of anilines is 1. The zero-order valence-corrected chi connectivity index (χ0v) is 17.5. The number of carbonyl (C=O) groups is 3. The van der Waals surface area contributed by atoms with E-state index in [0.717, 1.165) is 18.4 Å². The van der Waals surface area contributed by atoms with E-state index in [1.165, 1.54) is 7.11 Å². The van der Waals surface area contributed by atoms with Gasteiger partial charge in [0, 0.05) is 18.3 Å². The fraction of sp³-hybridized carbons (Fsp3) is 0.571. The van der Waals surface area contributed by atoms with E-state index in [1.807, 2.05) is 32.9 Å². The molecule has 0 aromatic heterocycles. The van der Waals surface area contributed by atoms with Gasteiger partial charge in [-0.05, 0) is 51.7 Å². The lowest BCUT2D eigenvalue weighted by Crippen LogP contribution is -2.33. The molecule has 29 heavy (non-hydrogen) atoms. The highest BCUT2D eigenvalue weighted by molar-refractivity contribution is 5.97. The zero-order chi connectivity index (χ0) is 21.4. The van der Waals surface area contributed by atoms with Crippen LogP contribution in [-0.2, 0) is 25.5 Å². The number of hydrogen-bond acceptors (Lipinski definition) is 6. The Bertz CT molecular complexity index is 741. The minimum atomic E-state index is -0.506. The van der Waals surface area contributed by atoms with Crippen LogP contribution in [0.1, 0.15) is 45.6 Å². The Labute approximate surface area is 171 Å². The predicted molar refractivity (Wildman–Crippen MR) is 108 cm³/mol. The molecule has 0 saturated heterocycles. The van der Waals surface area contributed by atoms with Crippen molar-refractivity contribution in [3.63, 3.8) is 0 Å². The zero-order valence-electron chi connectivity index (χ0n) is 17.5. The fourth-order valence-electron chi connectivity index (χ4n) is 2.90. The number of alkyl carbamates (subject to hydrolysis) is 1. The number of nitrogens with one attached hydrogen (secondary N) is 2. The highest BCUT2D eigenvalue weighted by Gasteiger charge is 2.28. The third-order valence-corrected chi connectivity index (χ3v) is 4.33. The molecule has 1 aliphatic rings. The van der Waals surface area contributed by atoms with Gasteiger partial charge in [0.05, 0.1) is 26.1 Å². The summed E-state index contributed by atoms with van der Waals surface area (Å²) in [4.78, 5) is 35.2. The topological polar surface area (TPSA) is 103 Å². The number of fused-ring (bicyclic) bond motifs is 1. The van der Waals surface area contributed by atoms with E-state index >= 15 is 0 Å². The van der Waals surface area contributed by atoms with Crippen molar-refractivity contribution in [1.29, 1.82) is 0 Å². The largest absolute Gasteiger partial charge is 0.494 e. The highest BCUT2D eigenvalue weighted by Crippen LogP contribution is 2.30. The number of rotatable bonds is 8. The molecule has 8 heteroatoms. The Morgan fingerprint density at radius 2 is 2.00 bits per heavy atom. The minimum absolute atomic E-state index is 0.0668. The Morgan fingerprint density at radius 3 is 2.69 bits per heavy atom. The summed E-state index contributed by atoms with van der Waals surface area (Å²) in [6.07, 6.45) is 1.66. The van der Waals surface area contributed by atoms with Crippen molar-refractivity contribution in [2.75, 3.05) is 25.6 Å². The average Bonchev–Trinajstić information content (AvgIpc) is 2.63. The molecule has 0 saturated carbocycles. The maximum absolute atomic E-state index is 12.2. The molecule has 0 bridgehead atoms. The number of esters is 1. The standard InChI is InChI=1S/C21H30N2O6/c1-21(2,3)29-20(26)22-9-5-6-10-28-16-8-7-14-11-15(12-18(24)27-4)19(25)23-17(14)13-16/h7-8,13,15H,5-6,9-12H2,1-4H3,(H,22,26)(H,23,25). The van der Waals surface area contributed by atoms with Crippen LogP contribution >= 0.6 is 0 Å². The van der Waals surface area contributed by atoms with Gasteiger partial charge in [-0.25, -0.2) is 4.79 Å². The number of carbonyl (C=O) groups excluding carboxylic acids is 3. The Balaban J connectivity index is 1.73. The summed E-state index contributed by atoms with van der Waals surface area (Å²) in [6.45, 7) is 6.47. The van der Waals surface area contributed by atoms with Gasteiger partial charge in [0.1, 0.15) is 11.4 Å². The van der Waals surface area contributed by atoms with E-state index in [-0.39, 0.29) is 12.3 Å². The lowest BCUT2D eigenvalue weighted by molar-refractivity contribution is -0.143. The number of methoxy groups -OCH3 is 1. The third-order valence-electron chi connectivity index (χ3n) is 4.33. The van der Waals surface area contributed by atoms with E-state index in [1.54, 1.807) is 6.07 Å². The molecule has 0 spiro atoms. The first kappa shape index (κ1) is 22.5. The highest BCUT2D eigenvalue weighted by atomic mass is 16.6. The Morgan fingerprint density at radius 1 is 1.24 bits per heavy atom. The molecule has 8 nitrogen and oxygen atoms in total. The van der Waals surface area contributed by atoms with Crippen LogP contribution in [0.25, 0.3) is 0 Å². The van der Waals surface area contributed by atoms with Gasteiger partial charge in [0.25, 0.3) is 0 Å². The van der Waals surface area contributed by atoms with Crippen molar-refractivity contribution in [3.8, 4) is 5.75 Å². The summed E-state index contributed by atoms with van der Waals surface area (Å²) in [7, 11) is 1.31. The summed E-state index contributed by atoms with van der Waals surface area (Å²) in [5, 5.41) is 5.54. The number of ether oxygens (including phenoxy) is 3. The Hall–Kier alpha value is -2.77. The number of hydrogen-bond donors (Lipinski definition) is 2. The molecule has 160 valence electrons. The molecule has 2 rings (SSSR count). The molecule has 2 N–H and O–H groups in total. The maximum atomic E-state index is 12.2. The first-order valence-corrected chi connectivity index (χ1v) is 9.78. The minimum Gasteiger partial charge on any atom is -0.494 e. The molecular formula is C21H30N2O6. The quantitative estimate of drug-likeness (QED) is 0.508. The van der Waals surface area contributed by atoms with Gasteiger partial charge in [-0.3, -0.25) is 9.59 Å². The molecule has 1 unspecified atom stereocenters. The molecule has 1 aromatic carbocycles.